The molecule has 5 rings (SSSR count). The summed E-state index contributed by atoms with van der Waals surface area (Å²) in [7, 11) is 0. The van der Waals surface area contributed by atoms with Crippen LogP contribution in [0, 0.1) is 22.7 Å². The van der Waals surface area contributed by atoms with Crippen LogP contribution in [0.1, 0.15) is 52.2 Å². The molecule has 40 heavy (non-hydrogen) atoms. The molecule has 0 radical (unpaired) electrons. The first kappa shape index (κ1) is 27.1. The fourth-order valence-electron chi connectivity index (χ4n) is 6.42. The average Bonchev–Trinajstić information content (AvgIpc) is 3.02. The van der Waals surface area contributed by atoms with E-state index in [-0.39, 0.29) is 18.8 Å². The highest BCUT2D eigenvalue weighted by Gasteiger charge is 2.67. The zero-order valence-electron chi connectivity index (χ0n) is 22.3. The van der Waals surface area contributed by atoms with Gasteiger partial charge in [0.25, 0.3) is 0 Å². The Morgan fingerprint density at radius 1 is 0.825 bits per heavy atom. The molecule has 1 saturated carbocycles. The second-order valence-corrected chi connectivity index (χ2v) is 10.3. The van der Waals surface area contributed by atoms with Crippen LogP contribution in [0.25, 0.3) is 0 Å². The molecule has 1 aliphatic rings. The number of rotatable bonds is 7. The molecule has 0 aliphatic heterocycles. The van der Waals surface area contributed by atoms with Crippen molar-refractivity contribution in [1.82, 2.24) is 0 Å². The third kappa shape index (κ3) is 4.51. The van der Waals surface area contributed by atoms with Crippen molar-refractivity contribution in [2.45, 2.75) is 30.8 Å². The van der Waals surface area contributed by atoms with Crippen molar-refractivity contribution in [3.63, 3.8) is 0 Å². The van der Waals surface area contributed by atoms with Gasteiger partial charge in [-0.15, -0.1) is 0 Å². The molecular formula is C35H31NO4. The standard InChI is InChI=1S/C35H31NO4/c1-2-40-33(38)34(24-36)29(25-15-7-3-8-16-25)23-35(39,28-21-13-6-14-22-28)31(30(34)26-17-9-4-10-18-26)32(37)27-19-11-5-12-20-27/h3-22,29-31,39H,2,23H2,1H3/t29-,30+,31+,34+,35+/m1/s1. The van der Waals surface area contributed by atoms with E-state index in [0.29, 0.717) is 16.7 Å². The summed E-state index contributed by atoms with van der Waals surface area (Å²) in [5.74, 6) is -3.98. The Morgan fingerprint density at radius 3 is 1.85 bits per heavy atom. The van der Waals surface area contributed by atoms with Gasteiger partial charge in [0.15, 0.2) is 11.2 Å². The van der Waals surface area contributed by atoms with Crippen LogP contribution in [-0.4, -0.2) is 23.5 Å². The van der Waals surface area contributed by atoms with E-state index < -0.39 is 34.7 Å². The van der Waals surface area contributed by atoms with Crippen LogP contribution >= 0.6 is 0 Å². The van der Waals surface area contributed by atoms with Crippen LogP contribution < -0.4 is 0 Å². The predicted octanol–water partition coefficient (Wildman–Crippen LogP) is 6.42. The largest absolute Gasteiger partial charge is 0.465 e. The average molecular weight is 530 g/mol. The topological polar surface area (TPSA) is 87.4 Å². The van der Waals surface area contributed by atoms with Crippen molar-refractivity contribution in [2.24, 2.45) is 11.3 Å². The molecule has 0 unspecified atom stereocenters. The first-order valence-corrected chi connectivity index (χ1v) is 13.5. The lowest BCUT2D eigenvalue weighted by Crippen LogP contribution is -2.59. The number of carbonyl (C=O) groups excluding carboxylic acids is 2. The van der Waals surface area contributed by atoms with Crippen LogP contribution in [-0.2, 0) is 15.1 Å². The summed E-state index contributed by atoms with van der Waals surface area (Å²) < 4.78 is 5.63. The molecule has 0 saturated heterocycles. The van der Waals surface area contributed by atoms with Gasteiger partial charge in [0, 0.05) is 17.4 Å². The highest BCUT2D eigenvalue weighted by Crippen LogP contribution is 2.63. The Bertz CT molecular complexity index is 1500. The maximum absolute atomic E-state index is 14.6. The van der Waals surface area contributed by atoms with Crippen LogP contribution in [0.2, 0.25) is 0 Å². The van der Waals surface area contributed by atoms with Gasteiger partial charge in [0.1, 0.15) is 5.60 Å². The summed E-state index contributed by atoms with van der Waals surface area (Å²) in [6, 6.07) is 38.7. The molecule has 200 valence electrons. The van der Waals surface area contributed by atoms with E-state index in [1.54, 1.807) is 43.3 Å². The monoisotopic (exact) mass is 529 g/mol. The van der Waals surface area contributed by atoms with Crippen LogP contribution in [0.15, 0.2) is 121 Å². The quantitative estimate of drug-likeness (QED) is 0.221. The lowest BCUT2D eigenvalue weighted by molar-refractivity contribution is -0.164. The molecule has 1 N–H and O–H groups in total. The summed E-state index contributed by atoms with van der Waals surface area (Å²) in [4.78, 5) is 28.7. The van der Waals surface area contributed by atoms with Gasteiger partial charge in [0.05, 0.1) is 18.6 Å². The van der Waals surface area contributed by atoms with Gasteiger partial charge in [-0.25, -0.2) is 0 Å². The van der Waals surface area contributed by atoms with Crippen LogP contribution in [0.3, 0.4) is 0 Å². The van der Waals surface area contributed by atoms with Gasteiger partial charge in [-0.2, -0.15) is 5.26 Å². The van der Waals surface area contributed by atoms with Gasteiger partial charge in [-0.1, -0.05) is 121 Å². The lowest BCUT2D eigenvalue weighted by Gasteiger charge is -2.54. The van der Waals surface area contributed by atoms with Crippen LogP contribution in [0.4, 0.5) is 0 Å². The number of hydrogen-bond donors (Lipinski definition) is 1. The lowest BCUT2D eigenvalue weighted by atomic mass is 9.47. The second-order valence-electron chi connectivity index (χ2n) is 10.3. The highest BCUT2D eigenvalue weighted by atomic mass is 16.5. The van der Waals surface area contributed by atoms with Gasteiger partial charge in [-0.3, -0.25) is 9.59 Å². The minimum atomic E-state index is -1.80. The van der Waals surface area contributed by atoms with Gasteiger partial charge in [0.2, 0.25) is 0 Å². The summed E-state index contributed by atoms with van der Waals surface area (Å²) in [5, 5.41) is 23.9. The zero-order chi connectivity index (χ0) is 28.2. The summed E-state index contributed by atoms with van der Waals surface area (Å²) in [5.41, 5.74) is -1.21. The number of esters is 1. The number of aliphatic hydroxyl groups is 1. The van der Waals surface area contributed by atoms with Crippen molar-refractivity contribution in [3.8, 4) is 6.07 Å². The molecule has 5 atom stereocenters. The normalized spacial score (nSPS) is 25.9. The van der Waals surface area contributed by atoms with E-state index in [9.17, 15) is 20.0 Å². The Morgan fingerprint density at radius 2 is 1.32 bits per heavy atom. The molecule has 0 heterocycles. The number of hydrogen-bond acceptors (Lipinski definition) is 5. The number of nitriles is 1. The summed E-state index contributed by atoms with van der Waals surface area (Å²) >= 11 is 0. The van der Waals surface area contributed by atoms with Crippen molar-refractivity contribution >= 4 is 11.8 Å². The minimum absolute atomic E-state index is 0.0278. The number of nitrogens with zero attached hydrogens (tertiary/aromatic N) is 1. The Kier molecular flexibility index (Phi) is 7.64. The summed E-state index contributed by atoms with van der Waals surface area (Å²) in [6.45, 7) is 1.78. The zero-order valence-corrected chi connectivity index (χ0v) is 22.3. The molecule has 4 aromatic rings. The van der Waals surface area contributed by atoms with Crippen molar-refractivity contribution in [2.75, 3.05) is 6.61 Å². The van der Waals surface area contributed by atoms with E-state index in [1.165, 1.54) is 0 Å². The molecule has 0 amide bonds. The molecule has 0 bridgehead atoms. The van der Waals surface area contributed by atoms with Crippen molar-refractivity contribution in [1.29, 1.82) is 5.26 Å². The minimum Gasteiger partial charge on any atom is -0.465 e. The molecule has 1 aliphatic carbocycles. The summed E-state index contributed by atoms with van der Waals surface area (Å²) in [6.07, 6.45) is -0.0278. The Balaban J connectivity index is 1.88. The molecule has 5 heteroatoms. The molecule has 0 aromatic heterocycles. The first-order chi connectivity index (χ1) is 19.5. The number of benzene rings is 4. The molecule has 0 spiro atoms. The van der Waals surface area contributed by atoms with Gasteiger partial charge >= 0.3 is 5.97 Å². The Hall–Kier alpha value is -4.53. The number of Topliss-reactive ketones (excluding diaryl/α,β-unsaturated/α-hetero) is 1. The highest BCUT2D eigenvalue weighted by molar-refractivity contribution is 6.00. The third-order valence-electron chi connectivity index (χ3n) is 8.18. The molecular weight excluding hydrogens is 498 g/mol. The number of carbonyl (C=O) groups is 2. The molecule has 4 aromatic carbocycles. The Labute approximate surface area is 234 Å². The number of ether oxygens (including phenoxy) is 1. The van der Waals surface area contributed by atoms with Crippen molar-refractivity contribution in [3.05, 3.63) is 144 Å². The second kappa shape index (κ2) is 11.3. The maximum atomic E-state index is 14.6. The molecule has 5 nitrogen and oxygen atoms in total. The fraction of sp³-hybridized carbons (Fsp3) is 0.229. The fourth-order valence-corrected chi connectivity index (χ4v) is 6.42. The smallest absolute Gasteiger partial charge is 0.327 e. The van der Waals surface area contributed by atoms with E-state index in [0.717, 1.165) is 5.56 Å². The number of ketones is 1. The first-order valence-electron chi connectivity index (χ1n) is 13.5. The van der Waals surface area contributed by atoms with Gasteiger partial charge in [-0.05, 0) is 30.0 Å². The predicted molar refractivity (Wildman–Crippen MR) is 152 cm³/mol. The SMILES string of the molecule is CCOC(=O)[C@@]1(C#N)[C@@H](c2ccccc2)C[C@](O)(c2ccccc2)[C@H](C(=O)c2ccccc2)[C@@H]1c1ccccc1. The van der Waals surface area contributed by atoms with E-state index >= 15 is 0 Å². The van der Waals surface area contributed by atoms with Gasteiger partial charge < -0.3 is 9.84 Å². The van der Waals surface area contributed by atoms with Crippen LogP contribution in [0.5, 0.6) is 0 Å². The van der Waals surface area contributed by atoms with Crippen molar-refractivity contribution < 1.29 is 19.4 Å². The van der Waals surface area contributed by atoms with E-state index in [1.807, 2.05) is 84.9 Å². The molecule has 1 fully saturated rings. The maximum Gasteiger partial charge on any atom is 0.327 e. The van der Waals surface area contributed by atoms with E-state index in [2.05, 4.69) is 6.07 Å². The van der Waals surface area contributed by atoms with E-state index in [4.69, 9.17) is 4.74 Å². The third-order valence-corrected chi connectivity index (χ3v) is 8.18.